The van der Waals surface area contributed by atoms with Gasteiger partial charge in [0.25, 0.3) is 0 Å². The van der Waals surface area contributed by atoms with E-state index in [4.69, 9.17) is 5.11 Å². The highest BCUT2D eigenvalue weighted by molar-refractivity contribution is 7.90. The number of sulfone groups is 1. The van der Waals surface area contributed by atoms with Crippen LogP contribution in [0, 0.1) is 0 Å². The van der Waals surface area contributed by atoms with Crippen molar-refractivity contribution < 1.29 is 13.5 Å². The van der Waals surface area contributed by atoms with E-state index in [1.807, 2.05) is 0 Å². The first-order valence-corrected chi connectivity index (χ1v) is 6.66. The lowest BCUT2D eigenvalue weighted by atomic mass is 10.3. The standard InChI is InChI=1S/C10H15NO3S/c1-8(7-15(2,13)14)11-9-3-5-10(12)6-4-9/h3-6,8,11-12H,7H2,1-2H3. The van der Waals surface area contributed by atoms with E-state index in [1.165, 1.54) is 6.26 Å². The molecule has 0 spiro atoms. The summed E-state index contributed by atoms with van der Waals surface area (Å²) in [7, 11) is -2.96. The second kappa shape index (κ2) is 4.53. The van der Waals surface area contributed by atoms with E-state index < -0.39 is 9.84 Å². The molecule has 0 saturated heterocycles. The summed E-state index contributed by atoms with van der Waals surface area (Å²) < 4.78 is 22.0. The summed E-state index contributed by atoms with van der Waals surface area (Å²) in [6.45, 7) is 1.80. The molecule has 1 rings (SSSR count). The second-order valence-corrected chi connectivity index (χ2v) is 5.87. The van der Waals surface area contributed by atoms with Gasteiger partial charge < -0.3 is 10.4 Å². The Morgan fingerprint density at radius 3 is 2.33 bits per heavy atom. The average Bonchev–Trinajstić information content (AvgIpc) is 2.05. The number of anilines is 1. The van der Waals surface area contributed by atoms with Crippen molar-refractivity contribution in [2.75, 3.05) is 17.3 Å². The second-order valence-electron chi connectivity index (χ2n) is 3.68. The molecular formula is C10H15NO3S. The van der Waals surface area contributed by atoms with Crippen LogP contribution in [0.2, 0.25) is 0 Å². The fraction of sp³-hybridized carbons (Fsp3) is 0.400. The molecule has 0 radical (unpaired) electrons. The number of nitrogens with one attached hydrogen (secondary N) is 1. The van der Waals surface area contributed by atoms with Crippen LogP contribution in [0.25, 0.3) is 0 Å². The van der Waals surface area contributed by atoms with Gasteiger partial charge in [0, 0.05) is 18.0 Å². The zero-order valence-corrected chi connectivity index (χ0v) is 9.58. The zero-order chi connectivity index (χ0) is 11.5. The van der Waals surface area contributed by atoms with E-state index >= 15 is 0 Å². The van der Waals surface area contributed by atoms with Crippen molar-refractivity contribution in [3.63, 3.8) is 0 Å². The average molecular weight is 229 g/mol. The number of hydrogen-bond acceptors (Lipinski definition) is 4. The fourth-order valence-corrected chi connectivity index (χ4v) is 2.33. The van der Waals surface area contributed by atoms with Gasteiger partial charge in [-0.2, -0.15) is 0 Å². The summed E-state index contributed by atoms with van der Waals surface area (Å²) in [4.78, 5) is 0. The molecule has 1 aromatic carbocycles. The predicted molar refractivity (Wildman–Crippen MR) is 60.9 cm³/mol. The Kier molecular flexibility index (Phi) is 3.57. The van der Waals surface area contributed by atoms with Crippen LogP contribution in [-0.2, 0) is 9.84 Å². The van der Waals surface area contributed by atoms with Crippen LogP contribution in [-0.4, -0.2) is 31.6 Å². The summed E-state index contributed by atoms with van der Waals surface area (Å²) in [6.07, 6.45) is 1.21. The molecule has 0 aliphatic rings. The molecule has 84 valence electrons. The highest BCUT2D eigenvalue weighted by Gasteiger charge is 2.09. The highest BCUT2D eigenvalue weighted by atomic mass is 32.2. The Morgan fingerprint density at radius 1 is 1.33 bits per heavy atom. The van der Waals surface area contributed by atoms with Crippen LogP contribution in [0.5, 0.6) is 5.75 Å². The SMILES string of the molecule is CC(CS(C)(=O)=O)Nc1ccc(O)cc1. The van der Waals surface area contributed by atoms with Crippen LogP contribution in [0.15, 0.2) is 24.3 Å². The van der Waals surface area contributed by atoms with Gasteiger partial charge in [-0.3, -0.25) is 0 Å². The van der Waals surface area contributed by atoms with Crippen molar-refractivity contribution in [2.24, 2.45) is 0 Å². The van der Waals surface area contributed by atoms with Crippen molar-refractivity contribution in [1.29, 1.82) is 0 Å². The summed E-state index contributed by atoms with van der Waals surface area (Å²) >= 11 is 0. The summed E-state index contributed by atoms with van der Waals surface area (Å²) in [5.41, 5.74) is 0.795. The van der Waals surface area contributed by atoms with Crippen LogP contribution in [0.4, 0.5) is 5.69 Å². The molecule has 1 aromatic rings. The van der Waals surface area contributed by atoms with Gasteiger partial charge >= 0.3 is 0 Å². The van der Waals surface area contributed by atoms with E-state index in [2.05, 4.69) is 5.32 Å². The van der Waals surface area contributed by atoms with Crippen molar-refractivity contribution in [3.05, 3.63) is 24.3 Å². The van der Waals surface area contributed by atoms with E-state index in [9.17, 15) is 8.42 Å². The minimum absolute atomic E-state index is 0.0911. The molecule has 0 heterocycles. The van der Waals surface area contributed by atoms with E-state index in [0.717, 1.165) is 5.69 Å². The minimum Gasteiger partial charge on any atom is -0.508 e. The number of rotatable bonds is 4. The maximum absolute atomic E-state index is 11.0. The third-order valence-electron chi connectivity index (χ3n) is 1.83. The van der Waals surface area contributed by atoms with Crippen LogP contribution < -0.4 is 5.32 Å². The summed E-state index contributed by atoms with van der Waals surface area (Å²) in [5, 5.41) is 12.1. The summed E-state index contributed by atoms with van der Waals surface area (Å²) in [5.74, 6) is 0.282. The normalized spacial score (nSPS) is 13.5. The molecule has 0 saturated carbocycles. The lowest BCUT2D eigenvalue weighted by Gasteiger charge is -2.13. The van der Waals surface area contributed by atoms with Crippen molar-refractivity contribution in [2.45, 2.75) is 13.0 Å². The predicted octanol–water partition coefficient (Wildman–Crippen LogP) is 1.24. The van der Waals surface area contributed by atoms with Gasteiger partial charge in [-0.05, 0) is 31.2 Å². The monoisotopic (exact) mass is 229 g/mol. The van der Waals surface area contributed by atoms with Crippen LogP contribution >= 0.6 is 0 Å². The molecular weight excluding hydrogens is 214 g/mol. The van der Waals surface area contributed by atoms with Crippen molar-refractivity contribution >= 4 is 15.5 Å². The molecule has 0 aliphatic carbocycles. The Labute approximate surface area is 89.9 Å². The van der Waals surface area contributed by atoms with Gasteiger partial charge in [0.05, 0.1) is 5.75 Å². The maximum Gasteiger partial charge on any atom is 0.149 e. The molecule has 4 nitrogen and oxygen atoms in total. The molecule has 2 N–H and O–H groups in total. The fourth-order valence-electron chi connectivity index (χ4n) is 1.34. The first kappa shape index (κ1) is 11.8. The smallest absolute Gasteiger partial charge is 0.149 e. The van der Waals surface area contributed by atoms with Gasteiger partial charge in [0.15, 0.2) is 0 Å². The third-order valence-corrected chi connectivity index (χ3v) is 2.94. The number of phenols is 1. The molecule has 1 unspecified atom stereocenters. The number of benzene rings is 1. The molecule has 0 amide bonds. The first-order valence-electron chi connectivity index (χ1n) is 4.60. The Hall–Kier alpha value is -1.23. The zero-order valence-electron chi connectivity index (χ0n) is 8.77. The molecule has 0 aromatic heterocycles. The topological polar surface area (TPSA) is 66.4 Å². The first-order chi connectivity index (χ1) is 6.87. The Bertz CT molecular complexity index is 411. The van der Waals surface area contributed by atoms with E-state index in [1.54, 1.807) is 31.2 Å². The van der Waals surface area contributed by atoms with Gasteiger partial charge in [-0.15, -0.1) is 0 Å². The van der Waals surface area contributed by atoms with Gasteiger partial charge in [0.2, 0.25) is 0 Å². The molecule has 5 heteroatoms. The Balaban J connectivity index is 2.59. The van der Waals surface area contributed by atoms with Crippen molar-refractivity contribution in [3.8, 4) is 5.75 Å². The lowest BCUT2D eigenvalue weighted by molar-refractivity contribution is 0.475. The third kappa shape index (κ3) is 4.69. The highest BCUT2D eigenvalue weighted by Crippen LogP contribution is 2.14. The quantitative estimate of drug-likeness (QED) is 0.762. The molecule has 1 atom stereocenters. The lowest BCUT2D eigenvalue weighted by Crippen LogP contribution is -2.24. The minimum atomic E-state index is -2.96. The van der Waals surface area contributed by atoms with Gasteiger partial charge in [0.1, 0.15) is 15.6 Å². The van der Waals surface area contributed by atoms with Crippen molar-refractivity contribution in [1.82, 2.24) is 0 Å². The van der Waals surface area contributed by atoms with Crippen LogP contribution in [0.3, 0.4) is 0 Å². The molecule has 0 bridgehead atoms. The number of phenolic OH excluding ortho intramolecular Hbond substituents is 1. The Morgan fingerprint density at radius 2 is 1.87 bits per heavy atom. The van der Waals surface area contributed by atoms with Gasteiger partial charge in [-0.1, -0.05) is 0 Å². The molecule has 0 aliphatic heterocycles. The number of hydrogen-bond donors (Lipinski definition) is 2. The molecule has 0 fully saturated rings. The summed E-state index contributed by atoms with van der Waals surface area (Å²) in [6, 6.07) is 6.36. The van der Waals surface area contributed by atoms with Crippen LogP contribution in [0.1, 0.15) is 6.92 Å². The maximum atomic E-state index is 11.0. The van der Waals surface area contributed by atoms with Gasteiger partial charge in [-0.25, -0.2) is 8.42 Å². The number of aromatic hydroxyl groups is 1. The van der Waals surface area contributed by atoms with E-state index in [0.29, 0.717) is 0 Å². The largest absolute Gasteiger partial charge is 0.508 e. The molecule has 15 heavy (non-hydrogen) atoms. The van der Waals surface area contributed by atoms with E-state index in [-0.39, 0.29) is 17.5 Å².